The van der Waals surface area contributed by atoms with Crippen LogP contribution in [-0.4, -0.2) is 32.1 Å². The number of carbonyl (C=O) groups excluding carboxylic acids is 2. The predicted molar refractivity (Wildman–Crippen MR) is 99.0 cm³/mol. The Morgan fingerprint density at radius 1 is 1.08 bits per heavy atom. The molecular formula is C18H19BrN2O4. The van der Waals surface area contributed by atoms with Crippen molar-refractivity contribution in [2.45, 2.75) is 6.92 Å². The third kappa shape index (κ3) is 5.79. The SMILES string of the molecule is COc1ccccc1OCC(=O)NCC(=O)Nc1ccc(Br)cc1C. The first kappa shape index (κ1) is 18.8. The number of nitrogens with one attached hydrogen (secondary N) is 2. The van der Waals surface area contributed by atoms with Crippen molar-refractivity contribution in [1.82, 2.24) is 5.32 Å². The molecule has 2 aromatic rings. The molecule has 0 aromatic heterocycles. The van der Waals surface area contributed by atoms with Crippen molar-refractivity contribution < 1.29 is 19.1 Å². The maximum Gasteiger partial charge on any atom is 0.258 e. The topological polar surface area (TPSA) is 76.7 Å². The molecule has 0 atom stereocenters. The Morgan fingerprint density at radius 2 is 1.80 bits per heavy atom. The number of amides is 2. The smallest absolute Gasteiger partial charge is 0.258 e. The number of carbonyl (C=O) groups is 2. The van der Waals surface area contributed by atoms with Crippen LogP contribution in [0.5, 0.6) is 11.5 Å². The summed E-state index contributed by atoms with van der Waals surface area (Å²) in [7, 11) is 1.52. The van der Waals surface area contributed by atoms with Crippen LogP contribution in [0.2, 0.25) is 0 Å². The van der Waals surface area contributed by atoms with Crippen LogP contribution in [0.1, 0.15) is 5.56 Å². The standard InChI is InChI=1S/C18H19BrN2O4/c1-12-9-13(19)7-8-14(12)21-17(22)10-20-18(23)11-25-16-6-4-3-5-15(16)24-2/h3-9H,10-11H2,1-2H3,(H,20,23)(H,21,22). The third-order valence-corrected chi connectivity index (χ3v) is 3.83. The second-order valence-corrected chi connectivity index (χ2v) is 6.14. The summed E-state index contributed by atoms with van der Waals surface area (Å²) in [5.41, 5.74) is 1.63. The van der Waals surface area contributed by atoms with E-state index in [9.17, 15) is 9.59 Å². The molecule has 0 aliphatic carbocycles. The lowest BCUT2D eigenvalue weighted by atomic mass is 10.2. The maximum absolute atomic E-state index is 11.9. The van der Waals surface area contributed by atoms with Gasteiger partial charge in [-0.15, -0.1) is 0 Å². The first-order valence-electron chi connectivity index (χ1n) is 7.58. The van der Waals surface area contributed by atoms with Crippen molar-refractivity contribution >= 4 is 33.4 Å². The Kier molecular flexibility index (Phi) is 6.82. The summed E-state index contributed by atoms with van der Waals surface area (Å²) < 4.78 is 11.5. The molecule has 25 heavy (non-hydrogen) atoms. The molecule has 7 heteroatoms. The quantitative estimate of drug-likeness (QED) is 0.740. The molecule has 0 spiro atoms. The van der Waals surface area contributed by atoms with E-state index >= 15 is 0 Å². The maximum atomic E-state index is 11.9. The van der Waals surface area contributed by atoms with Gasteiger partial charge in [-0.05, 0) is 42.8 Å². The van der Waals surface area contributed by atoms with Gasteiger partial charge in [-0.2, -0.15) is 0 Å². The minimum absolute atomic E-state index is 0.135. The molecule has 132 valence electrons. The van der Waals surface area contributed by atoms with Crippen LogP contribution in [0.3, 0.4) is 0 Å². The van der Waals surface area contributed by atoms with Gasteiger partial charge in [-0.3, -0.25) is 9.59 Å². The fourth-order valence-corrected chi connectivity index (χ4v) is 2.55. The number of para-hydroxylation sites is 2. The molecule has 6 nitrogen and oxygen atoms in total. The predicted octanol–water partition coefficient (Wildman–Crippen LogP) is 2.90. The van der Waals surface area contributed by atoms with Gasteiger partial charge in [0.2, 0.25) is 5.91 Å². The van der Waals surface area contributed by atoms with Crippen LogP contribution in [0.4, 0.5) is 5.69 Å². The summed E-state index contributed by atoms with van der Waals surface area (Å²) in [4.78, 5) is 23.8. The average Bonchev–Trinajstić information content (AvgIpc) is 2.60. The van der Waals surface area contributed by atoms with Crippen molar-refractivity contribution in [3.63, 3.8) is 0 Å². The van der Waals surface area contributed by atoms with Crippen molar-refractivity contribution in [3.8, 4) is 11.5 Å². The molecule has 2 aromatic carbocycles. The summed E-state index contributed by atoms with van der Waals surface area (Å²) in [6.07, 6.45) is 0. The molecule has 0 saturated heterocycles. The van der Waals surface area contributed by atoms with Crippen LogP contribution < -0.4 is 20.1 Å². The lowest BCUT2D eigenvalue weighted by molar-refractivity contribution is -0.125. The Balaban J connectivity index is 1.78. The number of ether oxygens (including phenoxy) is 2. The van der Waals surface area contributed by atoms with Crippen LogP contribution in [0.25, 0.3) is 0 Å². The lowest BCUT2D eigenvalue weighted by Gasteiger charge is -2.11. The summed E-state index contributed by atoms with van der Waals surface area (Å²) in [5, 5.41) is 5.26. The molecule has 0 fully saturated rings. The zero-order chi connectivity index (χ0) is 18.2. The molecule has 0 aliphatic heterocycles. The molecule has 0 saturated carbocycles. The molecule has 0 heterocycles. The molecular weight excluding hydrogens is 388 g/mol. The van der Waals surface area contributed by atoms with E-state index in [-0.39, 0.29) is 19.1 Å². The second-order valence-electron chi connectivity index (χ2n) is 5.22. The van der Waals surface area contributed by atoms with Gasteiger partial charge in [0.1, 0.15) is 0 Å². The summed E-state index contributed by atoms with van der Waals surface area (Å²) >= 11 is 3.37. The number of hydrogen-bond donors (Lipinski definition) is 2. The highest BCUT2D eigenvalue weighted by atomic mass is 79.9. The Labute approximate surface area is 154 Å². The van der Waals surface area contributed by atoms with Crippen molar-refractivity contribution in [2.75, 3.05) is 25.6 Å². The molecule has 0 bridgehead atoms. The van der Waals surface area contributed by atoms with E-state index in [0.717, 1.165) is 10.0 Å². The van der Waals surface area contributed by atoms with E-state index < -0.39 is 5.91 Å². The fourth-order valence-electron chi connectivity index (χ4n) is 2.07. The van der Waals surface area contributed by atoms with E-state index in [1.165, 1.54) is 7.11 Å². The summed E-state index contributed by atoms with van der Waals surface area (Å²) in [6, 6.07) is 12.6. The molecule has 2 amide bonds. The van der Waals surface area contributed by atoms with E-state index in [0.29, 0.717) is 17.2 Å². The molecule has 0 radical (unpaired) electrons. The van der Waals surface area contributed by atoms with E-state index in [1.807, 2.05) is 19.1 Å². The number of methoxy groups -OCH3 is 1. The zero-order valence-corrected chi connectivity index (χ0v) is 15.6. The number of rotatable bonds is 7. The summed E-state index contributed by atoms with van der Waals surface area (Å²) in [6.45, 7) is 1.55. The highest BCUT2D eigenvalue weighted by molar-refractivity contribution is 9.10. The number of hydrogen-bond acceptors (Lipinski definition) is 4. The number of aryl methyl sites for hydroxylation is 1. The number of anilines is 1. The van der Waals surface area contributed by atoms with E-state index in [1.54, 1.807) is 30.3 Å². The van der Waals surface area contributed by atoms with Crippen molar-refractivity contribution in [2.24, 2.45) is 0 Å². The van der Waals surface area contributed by atoms with Crippen molar-refractivity contribution in [3.05, 3.63) is 52.5 Å². The van der Waals surface area contributed by atoms with Gasteiger partial charge in [0.15, 0.2) is 18.1 Å². The monoisotopic (exact) mass is 406 g/mol. The largest absolute Gasteiger partial charge is 0.493 e. The first-order valence-corrected chi connectivity index (χ1v) is 8.37. The fraction of sp³-hybridized carbons (Fsp3) is 0.222. The average molecular weight is 407 g/mol. The minimum atomic E-state index is -0.395. The van der Waals surface area contributed by atoms with E-state index in [4.69, 9.17) is 9.47 Å². The van der Waals surface area contributed by atoms with Crippen LogP contribution in [0.15, 0.2) is 46.9 Å². The highest BCUT2D eigenvalue weighted by Crippen LogP contribution is 2.25. The normalized spacial score (nSPS) is 10.0. The van der Waals surface area contributed by atoms with Gasteiger partial charge in [0.05, 0.1) is 13.7 Å². The number of benzene rings is 2. The summed E-state index contributed by atoms with van der Waals surface area (Å²) in [5.74, 6) is 0.304. The molecule has 0 aliphatic rings. The Hall–Kier alpha value is -2.54. The number of halogens is 1. The Bertz CT molecular complexity index is 764. The minimum Gasteiger partial charge on any atom is -0.493 e. The van der Waals surface area contributed by atoms with Gasteiger partial charge in [0, 0.05) is 10.2 Å². The van der Waals surface area contributed by atoms with Gasteiger partial charge in [0.25, 0.3) is 5.91 Å². The second kappa shape index (κ2) is 9.08. The van der Waals surface area contributed by atoms with Crippen molar-refractivity contribution in [1.29, 1.82) is 0 Å². The third-order valence-electron chi connectivity index (χ3n) is 3.34. The molecule has 2 rings (SSSR count). The van der Waals surface area contributed by atoms with E-state index in [2.05, 4.69) is 26.6 Å². The highest BCUT2D eigenvalue weighted by Gasteiger charge is 2.09. The van der Waals surface area contributed by atoms with Crippen LogP contribution >= 0.6 is 15.9 Å². The van der Waals surface area contributed by atoms with Gasteiger partial charge >= 0.3 is 0 Å². The lowest BCUT2D eigenvalue weighted by Crippen LogP contribution is -2.35. The van der Waals surface area contributed by atoms with Crippen LogP contribution in [0, 0.1) is 6.92 Å². The van der Waals surface area contributed by atoms with Gasteiger partial charge in [-0.25, -0.2) is 0 Å². The van der Waals surface area contributed by atoms with Gasteiger partial charge < -0.3 is 20.1 Å². The van der Waals surface area contributed by atoms with Gasteiger partial charge in [-0.1, -0.05) is 28.1 Å². The zero-order valence-electron chi connectivity index (χ0n) is 14.0. The molecule has 2 N–H and O–H groups in total. The first-order chi connectivity index (χ1) is 12.0. The molecule has 0 unspecified atom stereocenters. The Morgan fingerprint density at radius 3 is 2.48 bits per heavy atom. The van der Waals surface area contributed by atoms with Crippen LogP contribution in [-0.2, 0) is 9.59 Å².